The van der Waals surface area contributed by atoms with E-state index in [4.69, 9.17) is 14.2 Å². The fraction of sp³-hybridized carbons (Fsp3) is 0.720. The van der Waals surface area contributed by atoms with Crippen molar-refractivity contribution in [2.24, 2.45) is 0 Å². The molecule has 0 amide bonds. The Labute approximate surface area is 501 Å². The lowest BCUT2D eigenvalue weighted by molar-refractivity contribution is -0.167. The summed E-state index contributed by atoms with van der Waals surface area (Å²) in [6.45, 7) is 6.39. The van der Waals surface area contributed by atoms with Crippen molar-refractivity contribution in [2.75, 3.05) is 13.2 Å². The summed E-state index contributed by atoms with van der Waals surface area (Å²) >= 11 is 0. The SMILES string of the molecule is CC/C=C\C/C=C\C/C=C\C/C=C\C/C=C\CCCC(=O)OCC(COC(=O)CCCCCCCCCCCCCCCCCCCCCCCCCCCCC)OC(=O)CCCCCCCC/C=C\C/C=C\C/C=C\C/C=C\CC. The van der Waals surface area contributed by atoms with Gasteiger partial charge in [0.25, 0.3) is 0 Å². The second-order valence-corrected chi connectivity index (χ2v) is 22.7. The Hall–Kier alpha value is -3.93. The molecule has 0 spiro atoms. The van der Waals surface area contributed by atoms with Gasteiger partial charge in [-0.15, -0.1) is 0 Å². The number of allylic oxidation sites excluding steroid dienone is 18. The lowest BCUT2D eigenvalue weighted by Crippen LogP contribution is -2.30. The number of rotatable bonds is 62. The van der Waals surface area contributed by atoms with Crippen molar-refractivity contribution < 1.29 is 28.6 Å². The molecular weight excluding hydrogens is 997 g/mol. The van der Waals surface area contributed by atoms with Crippen molar-refractivity contribution in [2.45, 2.75) is 335 Å². The molecule has 0 aromatic rings. The number of carbonyl (C=O) groups excluding carboxylic acids is 3. The highest BCUT2D eigenvalue weighted by molar-refractivity contribution is 5.71. The van der Waals surface area contributed by atoms with Crippen LogP contribution in [0, 0.1) is 0 Å². The van der Waals surface area contributed by atoms with E-state index in [1.54, 1.807) is 0 Å². The standard InChI is InChI=1S/C75H128O6/c1-4-7-10-13-16-19-22-25-28-31-33-34-35-36-37-38-39-40-42-44-47-50-53-56-59-62-65-68-74(77)80-71-72(70-79-73(76)67-64-61-58-55-52-49-46-43-30-27-24-21-18-15-12-9-6-3)81-75(78)69-66-63-60-57-54-51-48-45-41-32-29-26-23-20-17-14-11-8-5-2/h8-9,11-12,17-18,20-21,26-27,29-30,41,45-46,49,55,58,72H,4-7,10,13-16,19,22-25,28,31-40,42-44,47-48,50-54,56-57,59-71H2,1-3H3/b11-8-,12-9-,20-17-,21-18-,29-26-,30-27-,45-41-,49-46-,58-55-. The minimum absolute atomic E-state index is 0.101. The smallest absolute Gasteiger partial charge is 0.306 e. The Kier molecular flexibility index (Phi) is 65.2. The maximum atomic E-state index is 12.9. The van der Waals surface area contributed by atoms with E-state index < -0.39 is 6.10 Å². The fourth-order valence-corrected chi connectivity index (χ4v) is 9.71. The van der Waals surface area contributed by atoms with Crippen LogP contribution in [0.15, 0.2) is 109 Å². The molecule has 81 heavy (non-hydrogen) atoms. The van der Waals surface area contributed by atoms with E-state index >= 15 is 0 Å². The quantitative estimate of drug-likeness (QED) is 0.0261. The molecule has 0 N–H and O–H groups in total. The maximum Gasteiger partial charge on any atom is 0.306 e. The van der Waals surface area contributed by atoms with Crippen LogP contribution in [0.3, 0.4) is 0 Å². The average molecular weight is 1130 g/mol. The number of unbranched alkanes of at least 4 members (excludes halogenated alkanes) is 33. The van der Waals surface area contributed by atoms with Gasteiger partial charge in [0, 0.05) is 19.3 Å². The zero-order valence-electron chi connectivity index (χ0n) is 53.3. The van der Waals surface area contributed by atoms with Crippen LogP contribution in [-0.2, 0) is 28.6 Å². The van der Waals surface area contributed by atoms with Crippen molar-refractivity contribution in [3.63, 3.8) is 0 Å². The van der Waals surface area contributed by atoms with E-state index in [1.165, 1.54) is 167 Å². The fourth-order valence-electron chi connectivity index (χ4n) is 9.71. The zero-order valence-corrected chi connectivity index (χ0v) is 53.3. The first-order valence-electron chi connectivity index (χ1n) is 34.4. The lowest BCUT2D eigenvalue weighted by atomic mass is 10.0. The highest BCUT2D eigenvalue weighted by Gasteiger charge is 2.19. The summed E-state index contributed by atoms with van der Waals surface area (Å²) in [4.78, 5) is 38.4. The van der Waals surface area contributed by atoms with Crippen LogP contribution in [0.4, 0.5) is 0 Å². The molecule has 0 saturated heterocycles. The summed E-state index contributed by atoms with van der Waals surface area (Å²) < 4.78 is 16.9. The Balaban J connectivity index is 4.36. The number of esters is 3. The van der Waals surface area contributed by atoms with Crippen LogP contribution >= 0.6 is 0 Å². The van der Waals surface area contributed by atoms with E-state index in [0.29, 0.717) is 19.3 Å². The molecule has 0 aromatic heterocycles. The van der Waals surface area contributed by atoms with Gasteiger partial charge < -0.3 is 14.2 Å². The van der Waals surface area contributed by atoms with Gasteiger partial charge in [-0.2, -0.15) is 0 Å². The van der Waals surface area contributed by atoms with Gasteiger partial charge in [0.2, 0.25) is 0 Å². The van der Waals surface area contributed by atoms with Gasteiger partial charge in [-0.3, -0.25) is 14.4 Å². The van der Waals surface area contributed by atoms with Gasteiger partial charge in [-0.05, 0) is 96.3 Å². The maximum absolute atomic E-state index is 12.9. The Morgan fingerprint density at radius 1 is 0.259 bits per heavy atom. The molecule has 6 nitrogen and oxygen atoms in total. The third-order valence-corrected chi connectivity index (χ3v) is 14.8. The Morgan fingerprint density at radius 2 is 0.494 bits per heavy atom. The van der Waals surface area contributed by atoms with E-state index in [1.807, 2.05) is 0 Å². The van der Waals surface area contributed by atoms with E-state index in [-0.39, 0.29) is 37.5 Å². The van der Waals surface area contributed by atoms with Crippen molar-refractivity contribution >= 4 is 17.9 Å². The van der Waals surface area contributed by atoms with Gasteiger partial charge in [0.1, 0.15) is 13.2 Å². The molecular formula is C75H128O6. The molecule has 1 atom stereocenters. The van der Waals surface area contributed by atoms with Crippen molar-refractivity contribution in [3.8, 4) is 0 Å². The molecule has 464 valence electrons. The first-order chi connectivity index (χ1) is 40.0. The summed E-state index contributed by atoms with van der Waals surface area (Å²) in [6, 6.07) is 0. The first kappa shape index (κ1) is 77.1. The number of carbonyl (C=O) groups is 3. The molecule has 6 heteroatoms. The summed E-state index contributed by atoms with van der Waals surface area (Å²) in [7, 11) is 0. The molecule has 0 bridgehead atoms. The normalized spacial score (nSPS) is 12.8. The highest BCUT2D eigenvalue weighted by atomic mass is 16.6. The average Bonchev–Trinajstić information content (AvgIpc) is 3.47. The molecule has 0 aliphatic heterocycles. The summed E-state index contributed by atoms with van der Waals surface area (Å²) in [5.74, 6) is -0.964. The largest absolute Gasteiger partial charge is 0.462 e. The van der Waals surface area contributed by atoms with E-state index in [0.717, 1.165) is 116 Å². The number of hydrogen-bond acceptors (Lipinski definition) is 6. The van der Waals surface area contributed by atoms with Crippen LogP contribution in [0.5, 0.6) is 0 Å². The molecule has 0 aliphatic rings. The van der Waals surface area contributed by atoms with Crippen molar-refractivity contribution in [1.82, 2.24) is 0 Å². The lowest BCUT2D eigenvalue weighted by Gasteiger charge is -2.18. The third-order valence-electron chi connectivity index (χ3n) is 14.8. The van der Waals surface area contributed by atoms with Crippen LogP contribution < -0.4 is 0 Å². The molecule has 0 heterocycles. The predicted molar refractivity (Wildman–Crippen MR) is 353 cm³/mol. The number of hydrogen-bond donors (Lipinski definition) is 0. The summed E-state index contributed by atoms with van der Waals surface area (Å²) in [5.41, 5.74) is 0. The molecule has 1 unspecified atom stereocenters. The zero-order chi connectivity index (χ0) is 58.5. The van der Waals surface area contributed by atoms with E-state index in [9.17, 15) is 14.4 Å². The summed E-state index contributed by atoms with van der Waals surface area (Å²) in [5, 5.41) is 0. The van der Waals surface area contributed by atoms with Gasteiger partial charge >= 0.3 is 17.9 Å². The van der Waals surface area contributed by atoms with Gasteiger partial charge in [-0.25, -0.2) is 0 Å². The summed E-state index contributed by atoms with van der Waals surface area (Å²) in [6.07, 6.45) is 94.1. The highest BCUT2D eigenvalue weighted by Crippen LogP contribution is 2.18. The molecule has 0 aromatic carbocycles. The third kappa shape index (κ3) is 66.8. The molecule has 0 rings (SSSR count). The second-order valence-electron chi connectivity index (χ2n) is 22.7. The van der Waals surface area contributed by atoms with Crippen LogP contribution in [0.2, 0.25) is 0 Å². The minimum atomic E-state index is -0.812. The van der Waals surface area contributed by atoms with Gasteiger partial charge in [0.05, 0.1) is 0 Å². The first-order valence-corrected chi connectivity index (χ1v) is 34.4. The van der Waals surface area contributed by atoms with Crippen LogP contribution in [-0.4, -0.2) is 37.2 Å². The molecule has 0 saturated carbocycles. The molecule has 0 aliphatic carbocycles. The monoisotopic (exact) mass is 1120 g/mol. The van der Waals surface area contributed by atoms with Gasteiger partial charge in [0.15, 0.2) is 6.10 Å². The molecule has 0 radical (unpaired) electrons. The minimum Gasteiger partial charge on any atom is -0.462 e. The van der Waals surface area contributed by atoms with Crippen LogP contribution in [0.25, 0.3) is 0 Å². The topological polar surface area (TPSA) is 78.9 Å². The Bertz CT molecular complexity index is 1620. The van der Waals surface area contributed by atoms with Crippen molar-refractivity contribution in [3.05, 3.63) is 109 Å². The van der Waals surface area contributed by atoms with Crippen LogP contribution in [0.1, 0.15) is 329 Å². The number of ether oxygens (including phenoxy) is 3. The van der Waals surface area contributed by atoms with E-state index in [2.05, 4.69) is 130 Å². The van der Waals surface area contributed by atoms with Crippen molar-refractivity contribution in [1.29, 1.82) is 0 Å². The second kappa shape index (κ2) is 68.6. The Morgan fingerprint density at radius 3 is 0.802 bits per heavy atom. The molecule has 0 fully saturated rings. The van der Waals surface area contributed by atoms with Gasteiger partial charge in [-0.1, -0.05) is 323 Å². The predicted octanol–water partition coefficient (Wildman–Crippen LogP) is 23.8.